The van der Waals surface area contributed by atoms with Gasteiger partial charge in [0.1, 0.15) is 5.75 Å². The molecule has 1 aliphatic heterocycles. The van der Waals surface area contributed by atoms with Crippen molar-refractivity contribution in [2.75, 3.05) is 13.1 Å². The molecule has 3 rings (SSSR count). The molecule has 1 aliphatic rings. The Morgan fingerprint density at radius 1 is 1.07 bits per heavy atom. The normalized spacial score (nSPS) is 15.9. The van der Waals surface area contributed by atoms with Crippen molar-refractivity contribution in [1.82, 2.24) is 10.2 Å². The van der Waals surface area contributed by atoms with Gasteiger partial charge in [-0.25, -0.2) is 0 Å². The molecule has 0 aromatic heterocycles. The fraction of sp³-hybridized carbons (Fsp3) is 0.435. The van der Waals surface area contributed by atoms with E-state index < -0.39 is 6.10 Å². The molecule has 0 spiro atoms. The lowest BCUT2D eigenvalue weighted by molar-refractivity contribution is -0.127. The molecule has 0 radical (unpaired) electrons. The van der Waals surface area contributed by atoms with Crippen LogP contribution < -0.4 is 10.1 Å². The number of amides is 1. The molecule has 1 atom stereocenters. The molecule has 1 saturated heterocycles. The van der Waals surface area contributed by atoms with E-state index in [1.54, 1.807) is 6.92 Å². The summed E-state index contributed by atoms with van der Waals surface area (Å²) in [6, 6.07) is 16.2. The van der Waals surface area contributed by atoms with Crippen molar-refractivity contribution < 1.29 is 9.53 Å². The quantitative estimate of drug-likeness (QED) is 0.803. The third-order valence-corrected chi connectivity index (χ3v) is 5.09. The Morgan fingerprint density at radius 2 is 1.81 bits per heavy atom. The molecule has 0 saturated carbocycles. The number of nitrogens with zero attached hydrogens (tertiary/aromatic N) is 1. The Bertz CT molecular complexity index is 754. The summed E-state index contributed by atoms with van der Waals surface area (Å²) in [5.74, 6) is 0.632. The maximum Gasteiger partial charge on any atom is 0.261 e. The van der Waals surface area contributed by atoms with Crippen LogP contribution in [-0.4, -0.2) is 30.0 Å². The van der Waals surface area contributed by atoms with Crippen LogP contribution >= 0.6 is 0 Å². The largest absolute Gasteiger partial charge is 0.481 e. The van der Waals surface area contributed by atoms with Gasteiger partial charge >= 0.3 is 0 Å². The molecule has 1 unspecified atom stereocenters. The van der Waals surface area contributed by atoms with Crippen molar-refractivity contribution in [3.05, 3.63) is 65.2 Å². The van der Waals surface area contributed by atoms with Crippen LogP contribution in [0.5, 0.6) is 5.75 Å². The number of rotatable bonds is 7. The summed E-state index contributed by atoms with van der Waals surface area (Å²) >= 11 is 0. The predicted molar refractivity (Wildman–Crippen MR) is 109 cm³/mol. The minimum absolute atomic E-state index is 0.0933. The van der Waals surface area contributed by atoms with Crippen LogP contribution in [0.3, 0.4) is 0 Å². The van der Waals surface area contributed by atoms with Gasteiger partial charge in [-0.05, 0) is 68.6 Å². The van der Waals surface area contributed by atoms with Crippen LogP contribution in [0.1, 0.15) is 42.9 Å². The molecule has 144 valence electrons. The van der Waals surface area contributed by atoms with E-state index in [-0.39, 0.29) is 5.91 Å². The molecule has 2 aromatic rings. The standard InChI is InChI=1S/C23H30N2O2/c1-18-9-8-12-22(15-18)27-19(2)23(26)24-16-20-10-4-5-11-21(20)17-25-13-6-3-7-14-25/h4-5,8-12,15,19H,3,6-7,13-14,16-17H2,1-2H3,(H,24,26). The molecule has 4 heteroatoms. The van der Waals surface area contributed by atoms with E-state index in [4.69, 9.17) is 4.74 Å². The highest BCUT2D eigenvalue weighted by molar-refractivity contribution is 5.80. The Morgan fingerprint density at radius 3 is 2.56 bits per heavy atom. The van der Waals surface area contributed by atoms with Crippen LogP contribution in [0.4, 0.5) is 0 Å². The molecular weight excluding hydrogens is 336 g/mol. The Balaban J connectivity index is 1.55. The number of nitrogens with one attached hydrogen (secondary N) is 1. The summed E-state index contributed by atoms with van der Waals surface area (Å²) in [6.45, 7) is 7.63. The van der Waals surface area contributed by atoms with E-state index in [1.807, 2.05) is 37.3 Å². The highest BCUT2D eigenvalue weighted by Gasteiger charge is 2.16. The summed E-state index contributed by atoms with van der Waals surface area (Å²) in [5.41, 5.74) is 3.60. The van der Waals surface area contributed by atoms with E-state index in [0.717, 1.165) is 17.9 Å². The van der Waals surface area contributed by atoms with Crippen LogP contribution in [0.25, 0.3) is 0 Å². The minimum Gasteiger partial charge on any atom is -0.481 e. The first-order chi connectivity index (χ1) is 13.1. The fourth-order valence-electron chi connectivity index (χ4n) is 3.51. The van der Waals surface area contributed by atoms with E-state index in [1.165, 1.54) is 43.5 Å². The molecule has 1 amide bonds. The van der Waals surface area contributed by atoms with Crippen molar-refractivity contribution in [3.63, 3.8) is 0 Å². The van der Waals surface area contributed by atoms with Crippen LogP contribution in [0, 0.1) is 6.92 Å². The maximum atomic E-state index is 12.5. The number of piperidine rings is 1. The molecule has 1 N–H and O–H groups in total. The van der Waals surface area contributed by atoms with Crippen molar-refractivity contribution >= 4 is 5.91 Å². The molecule has 0 bridgehead atoms. The van der Waals surface area contributed by atoms with Crippen molar-refractivity contribution in [1.29, 1.82) is 0 Å². The first kappa shape index (κ1) is 19.4. The highest BCUT2D eigenvalue weighted by atomic mass is 16.5. The van der Waals surface area contributed by atoms with Gasteiger partial charge in [-0.1, -0.05) is 42.8 Å². The summed E-state index contributed by atoms with van der Waals surface area (Å²) in [6.07, 6.45) is 3.38. The molecular formula is C23H30N2O2. The lowest BCUT2D eigenvalue weighted by Gasteiger charge is -2.27. The number of ether oxygens (including phenoxy) is 1. The lowest BCUT2D eigenvalue weighted by Crippen LogP contribution is -2.36. The summed E-state index contributed by atoms with van der Waals surface area (Å²) in [7, 11) is 0. The number of hydrogen-bond donors (Lipinski definition) is 1. The van der Waals surface area contributed by atoms with Gasteiger partial charge in [-0.15, -0.1) is 0 Å². The van der Waals surface area contributed by atoms with Crippen molar-refractivity contribution in [2.45, 2.75) is 52.3 Å². The average Bonchev–Trinajstić information content (AvgIpc) is 2.68. The number of carbonyl (C=O) groups excluding carboxylic acids is 1. The van der Waals surface area contributed by atoms with Crippen molar-refractivity contribution in [2.24, 2.45) is 0 Å². The predicted octanol–water partition coefficient (Wildman–Crippen LogP) is 4.06. The summed E-state index contributed by atoms with van der Waals surface area (Å²) < 4.78 is 5.78. The minimum atomic E-state index is -0.527. The first-order valence-corrected chi connectivity index (χ1v) is 9.92. The Hall–Kier alpha value is -2.33. The van der Waals surface area contributed by atoms with Gasteiger partial charge in [-0.2, -0.15) is 0 Å². The first-order valence-electron chi connectivity index (χ1n) is 9.92. The smallest absolute Gasteiger partial charge is 0.261 e. The van der Waals surface area contributed by atoms with Gasteiger partial charge in [0.25, 0.3) is 5.91 Å². The van der Waals surface area contributed by atoms with Gasteiger partial charge in [0.05, 0.1) is 0 Å². The Labute approximate surface area is 162 Å². The number of hydrogen-bond acceptors (Lipinski definition) is 3. The zero-order chi connectivity index (χ0) is 19.1. The third-order valence-electron chi connectivity index (χ3n) is 5.09. The van der Waals surface area contributed by atoms with Crippen LogP contribution in [0.2, 0.25) is 0 Å². The highest BCUT2D eigenvalue weighted by Crippen LogP contribution is 2.17. The number of likely N-dealkylation sites (tertiary alicyclic amines) is 1. The monoisotopic (exact) mass is 366 g/mol. The second-order valence-electron chi connectivity index (χ2n) is 7.40. The zero-order valence-electron chi connectivity index (χ0n) is 16.4. The molecule has 0 aliphatic carbocycles. The van der Waals surface area contributed by atoms with E-state index >= 15 is 0 Å². The van der Waals surface area contributed by atoms with Gasteiger partial charge in [-0.3, -0.25) is 9.69 Å². The van der Waals surface area contributed by atoms with E-state index in [9.17, 15) is 4.79 Å². The number of carbonyl (C=O) groups is 1. The van der Waals surface area contributed by atoms with E-state index in [0.29, 0.717) is 6.54 Å². The number of aryl methyl sites for hydroxylation is 1. The molecule has 1 fully saturated rings. The van der Waals surface area contributed by atoms with Gasteiger partial charge in [0, 0.05) is 13.1 Å². The molecule has 27 heavy (non-hydrogen) atoms. The van der Waals surface area contributed by atoms with E-state index in [2.05, 4.69) is 28.4 Å². The Kier molecular flexibility index (Phi) is 6.88. The van der Waals surface area contributed by atoms with Crippen LogP contribution in [-0.2, 0) is 17.9 Å². The fourth-order valence-corrected chi connectivity index (χ4v) is 3.51. The second-order valence-corrected chi connectivity index (χ2v) is 7.40. The molecule has 1 heterocycles. The van der Waals surface area contributed by atoms with Crippen LogP contribution in [0.15, 0.2) is 48.5 Å². The summed E-state index contributed by atoms with van der Waals surface area (Å²) in [5, 5.41) is 3.03. The second kappa shape index (κ2) is 9.56. The molecule has 4 nitrogen and oxygen atoms in total. The van der Waals surface area contributed by atoms with Gasteiger partial charge in [0.2, 0.25) is 0 Å². The summed E-state index contributed by atoms with van der Waals surface area (Å²) in [4.78, 5) is 15.0. The zero-order valence-corrected chi connectivity index (χ0v) is 16.4. The third kappa shape index (κ3) is 5.83. The SMILES string of the molecule is Cc1cccc(OC(C)C(=O)NCc2ccccc2CN2CCCCC2)c1. The number of benzene rings is 2. The van der Waals surface area contributed by atoms with Gasteiger partial charge < -0.3 is 10.1 Å². The lowest BCUT2D eigenvalue weighted by atomic mass is 10.0. The topological polar surface area (TPSA) is 41.6 Å². The average molecular weight is 367 g/mol. The molecule has 2 aromatic carbocycles. The maximum absolute atomic E-state index is 12.5. The van der Waals surface area contributed by atoms with Crippen molar-refractivity contribution in [3.8, 4) is 5.75 Å². The van der Waals surface area contributed by atoms with Gasteiger partial charge in [0.15, 0.2) is 6.10 Å².